The fraction of sp³-hybridized carbons (Fsp3) is 0.273. The van der Waals surface area contributed by atoms with Crippen molar-refractivity contribution in [1.29, 1.82) is 0 Å². The van der Waals surface area contributed by atoms with Gasteiger partial charge in [0.1, 0.15) is 0 Å². The Kier molecular flexibility index (Phi) is 4.47. The Labute approximate surface area is 99.3 Å². The maximum Gasteiger partial charge on any atom is 0.234 e. The van der Waals surface area contributed by atoms with Crippen LogP contribution in [-0.4, -0.2) is 23.0 Å². The molecule has 0 bridgehead atoms. The van der Waals surface area contributed by atoms with E-state index in [0.29, 0.717) is 12.1 Å². The lowest BCUT2D eigenvalue weighted by molar-refractivity contribution is -0.119. The number of carbonyl (C=O) groups excluding carboxylic acids is 1. The summed E-state index contributed by atoms with van der Waals surface area (Å²) in [5.74, 6) is -0.389. The number of hydrogen-bond acceptors (Lipinski definition) is 4. The van der Waals surface area contributed by atoms with Crippen molar-refractivity contribution in [3.8, 4) is 0 Å². The predicted molar refractivity (Wildman–Crippen MR) is 64.4 cm³/mol. The lowest BCUT2D eigenvalue weighted by Crippen LogP contribution is -2.38. The Bertz CT molecular complexity index is 431. The van der Waals surface area contributed by atoms with Gasteiger partial charge in [-0.15, -0.1) is 0 Å². The van der Waals surface area contributed by atoms with E-state index in [0.717, 1.165) is 5.56 Å². The van der Waals surface area contributed by atoms with Crippen LogP contribution in [0.2, 0.25) is 0 Å². The second kappa shape index (κ2) is 5.86. The molecule has 1 aromatic carbocycles. The second-order valence-electron chi connectivity index (χ2n) is 3.65. The standard InChI is InChI=1S/C11H16N4O2/c1-7(11(13)16)14-6-8-4-2-3-5-9(8)10(12)15-17/h2-5,7,14,17H,6H2,1H3,(H2,12,15)(H2,13,16). The summed E-state index contributed by atoms with van der Waals surface area (Å²) in [5.41, 5.74) is 12.1. The number of nitrogens with zero attached hydrogens (tertiary/aromatic N) is 1. The van der Waals surface area contributed by atoms with E-state index >= 15 is 0 Å². The Morgan fingerprint density at radius 3 is 2.71 bits per heavy atom. The van der Waals surface area contributed by atoms with Crippen LogP contribution in [0.4, 0.5) is 0 Å². The number of amides is 1. The van der Waals surface area contributed by atoms with Crippen LogP contribution in [0.25, 0.3) is 0 Å². The highest BCUT2D eigenvalue weighted by atomic mass is 16.4. The zero-order valence-electron chi connectivity index (χ0n) is 9.55. The van der Waals surface area contributed by atoms with Crippen LogP contribution in [0.15, 0.2) is 29.4 Å². The Balaban J connectivity index is 2.81. The van der Waals surface area contributed by atoms with Gasteiger partial charge in [0, 0.05) is 12.1 Å². The van der Waals surface area contributed by atoms with Gasteiger partial charge in [-0.25, -0.2) is 0 Å². The molecule has 1 rings (SSSR count). The molecule has 1 atom stereocenters. The average molecular weight is 236 g/mol. The van der Waals surface area contributed by atoms with Crippen molar-refractivity contribution in [2.45, 2.75) is 19.5 Å². The zero-order chi connectivity index (χ0) is 12.8. The van der Waals surface area contributed by atoms with E-state index in [2.05, 4.69) is 10.5 Å². The third-order valence-corrected chi connectivity index (χ3v) is 2.43. The predicted octanol–water partition coefficient (Wildman–Crippen LogP) is -0.255. The molecule has 1 aromatic rings. The van der Waals surface area contributed by atoms with E-state index in [9.17, 15) is 4.79 Å². The minimum Gasteiger partial charge on any atom is -0.409 e. The van der Waals surface area contributed by atoms with Crippen LogP contribution in [0.3, 0.4) is 0 Å². The molecule has 0 aromatic heterocycles. The minimum atomic E-state index is -0.435. The Morgan fingerprint density at radius 1 is 1.47 bits per heavy atom. The average Bonchev–Trinajstić information content (AvgIpc) is 2.35. The van der Waals surface area contributed by atoms with Crippen molar-refractivity contribution in [3.63, 3.8) is 0 Å². The van der Waals surface area contributed by atoms with Gasteiger partial charge in [-0.3, -0.25) is 4.79 Å². The van der Waals surface area contributed by atoms with Crippen molar-refractivity contribution in [2.24, 2.45) is 16.6 Å². The first-order valence-corrected chi connectivity index (χ1v) is 5.14. The lowest BCUT2D eigenvalue weighted by Gasteiger charge is -2.12. The summed E-state index contributed by atoms with van der Waals surface area (Å²) in [5, 5.41) is 14.6. The Hall–Kier alpha value is -2.08. The van der Waals surface area contributed by atoms with E-state index in [1.54, 1.807) is 19.1 Å². The molecule has 0 aliphatic rings. The normalized spacial score (nSPS) is 13.4. The van der Waals surface area contributed by atoms with Crippen LogP contribution in [0.1, 0.15) is 18.1 Å². The molecular weight excluding hydrogens is 220 g/mol. The molecule has 0 radical (unpaired) electrons. The third-order valence-electron chi connectivity index (χ3n) is 2.43. The first kappa shape index (κ1) is 13.0. The highest BCUT2D eigenvalue weighted by Gasteiger charge is 2.10. The van der Waals surface area contributed by atoms with Crippen molar-refractivity contribution < 1.29 is 10.0 Å². The zero-order valence-corrected chi connectivity index (χ0v) is 9.55. The van der Waals surface area contributed by atoms with Crippen molar-refractivity contribution in [1.82, 2.24) is 5.32 Å². The monoisotopic (exact) mass is 236 g/mol. The number of amidine groups is 1. The van der Waals surface area contributed by atoms with Crippen molar-refractivity contribution >= 4 is 11.7 Å². The minimum absolute atomic E-state index is 0.0362. The molecule has 6 nitrogen and oxygen atoms in total. The summed E-state index contributed by atoms with van der Waals surface area (Å²) in [7, 11) is 0. The molecule has 0 spiro atoms. The summed E-state index contributed by atoms with van der Waals surface area (Å²) in [6.07, 6.45) is 0. The van der Waals surface area contributed by atoms with Gasteiger partial charge < -0.3 is 22.0 Å². The molecule has 92 valence electrons. The molecule has 17 heavy (non-hydrogen) atoms. The number of primary amides is 1. The van der Waals surface area contributed by atoms with Gasteiger partial charge >= 0.3 is 0 Å². The van der Waals surface area contributed by atoms with Crippen LogP contribution in [0.5, 0.6) is 0 Å². The summed E-state index contributed by atoms with van der Waals surface area (Å²) in [4.78, 5) is 10.9. The Morgan fingerprint density at radius 2 is 2.12 bits per heavy atom. The second-order valence-corrected chi connectivity index (χ2v) is 3.65. The summed E-state index contributed by atoms with van der Waals surface area (Å²) < 4.78 is 0. The molecule has 1 unspecified atom stereocenters. The lowest BCUT2D eigenvalue weighted by atomic mass is 10.1. The van der Waals surface area contributed by atoms with E-state index in [1.807, 2.05) is 12.1 Å². The molecule has 0 aliphatic carbocycles. The van der Waals surface area contributed by atoms with Gasteiger partial charge in [-0.2, -0.15) is 0 Å². The van der Waals surface area contributed by atoms with Gasteiger partial charge in [0.2, 0.25) is 5.91 Å². The number of rotatable bonds is 5. The van der Waals surface area contributed by atoms with Gasteiger partial charge in [0.05, 0.1) is 6.04 Å². The van der Waals surface area contributed by atoms with Crippen LogP contribution < -0.4 is 16.8 Å². The maximum absolute atomic E-state index is 10.9. The van der Waals surface area contributed by atoms with Crippen molar-refractivity contribution in [2.75, 3.05) is 0 Å². The maximum atomic E-state index is 10.9. The fourth-order valence-electron chi connectivity index (χ4n) is 1.34. The number of hydrogen-bond donors (Lipinski definition) is 4. The summed E-state index contributed by atoms with van der Waals surface area (Å²) in [6, 6.07) is 6.75. The van der Waals surface area contributed by atoms with Crippen molar-refractivity contribution in [3.05, 3.63) is 35.4 Å². The third kappa shape index (κ3) is 3.46. The van der Waals surface area contributed by atoms with Gasteiger partial charge in [-0.05, 0) is 12.5 Å². The molecule has 0 aliphatic heterocycles. The van der Waals surface area contributed by atoms with Crippen LogP contribution in [0, 0.1) is 0 Å². The van der Waals surface area contributed by atoms with E-state index in [-0.39, 0.29) is 5.84 Å². The molecular formula is C11H16N4O2. The number of carbonyl (C=O) groups is 1. The quantitative estimate of drug-likeness (QED) is 0.244. The molecule has 1 amide bonds. The highest BCUT2D eigenvalue weighted by Crippen LogP contribution is 2.08. The topological polar surface area (TPSA) is 114 Å². The number of benzene rings is 1. The number of oxime groups is 1. The highest BCUT2D eigenvalue weighted by molar-refractivity contribution is 5.98. The molecule has 6 N–H and O–H groups in total. The van der Waals surface area contributed by atoms with Crippen LogP contribution >= 0.6 is 0 Å². The van der Waals surface area contributed by atoms with Gasteiger partial charge in [0.25, 0.3) is 0 Å². The van der Waals surface area contributed by atoms with Gasteiger partial charge in [-0.1, -0.05) is 29.4 Å². The van der Waals surface area contributed by atoms with E-state index < -0.39 is 11.9 Å². The van der Waals surface area contributed by atoms with E-state index in [4.69, 9.17) is 16.7 Å². The smallest absolute Gasteiger partial charge is 0.234 e. The summed E-state index contributed by atoms with van der Waals surface area (Å²) >= 11 is 0. The molecule has 0 fully saturated rings. The molecule has 0 heterocycles. The number of nitrogens with one attached hydrogen (secondary N) is 1. The number of nitrogens with two attached hydrogens (primary N) is 2. The first-order valence-electron chi connectivity index (χ1n) is 5.14. The van der Waals surface area contributed by atoms with E-state index in [1.165, 1.54) is 0 Å². The van der Waals surface area contributed by atoms with Crippen LogP contribution in [-0.2, 0) is 11.3 Å². The summed E-state index contributed by atoms with van der Waals surface area (Å²) in [6.45, 7) is 2.09. The first-order chi connectivity index (χ1) is 8.06. The fourth-order valence-corrected chi connectivity index (χ4v) is 1.34. The van der Waals surface area contributed by atoms with Gasteiger partial charge in [0.15, 0.2) is 5.84 Å². The molecule has 0 saturated heterocycles. The molecule has 0 saturated carbocycles. The largest absolute Gasteiger partial charge is 0.409 e. The molecule has 6 heteroatoms. The SMILES string of the molecule is CC(NCc1ccccc1C(N)=NO)C(N)=O.